The number of hydrogen-bond donors (Lipinski definition) is 5. The van der Waals surface area contributed by atoms with Crippen LogP contribution in [0, 0.1) is 0 Å². The average molecular weight is 375 g/mol. The topological polar surface area (TPSA) is 159 Å². The Kier molecular flexibility index (Phi) is 5.72. The normalized spacial score (nSPS) is 24.2. The van der Waals surface area contributed by atoms with Crippen LogP contribution in [0.2, 0.25) is 0 Å². The van der Waals surface area contributed by atoms with E-state index in [0.29, 0.717) is 0 Å². The number of rotatable bonds is 6. The third-order valence-corrected chi connectivity index (χ3v) is 6.19. The minimum Gasteiger partial charge on any atom is -0.390 e. The van der Waals surface area contributed by atoms with Crippen LogP contribution >= 0.6 is 11.3 Å². The molecule has 132 valence electrons. The van der Waals surface area contributed by atoms with E-state index in [0.717, 1.165) is 11.3 Å². The summed E-state index contributed by atoms with van der Waals surface area (Å²) < 4.78 is 26.7. The summed E-state index contributed by atoms with van der Waals surface area (Å²) in [7, 11) is -3.90. The molecule has 0 aromatic carbocycles. The number of thiophene rings is 1. The van der Waals surface area contributed by atoms with E-state index < -0.39 is 40.1 Å². The predicted molar refractivity (Wildman–Crippen MR) is 85.3 cm³/mol. The highest BCUT2D eigenvalue weighted by Gasteiger charge is 2.35. The molecule has 1 heterocycles. The van der Waals surface area contributed by atoms with E-state index in [1.54, 1.807) is 11.4 Å². The van der Waals surface area contributed by atoms with Crippen LogP contribution < -0.4 is 15.8 Å². The molecule has 0 saturated carbocycles. The molecule has 0 bridgehead atoms. The van der Waals surface area contributed by atoms with Crippen molar-refractivity contribution in [2.24, 2.45) is 5.73 Å². The fourth-order valence-electron chi connectivity index (χ4n) is 2.18. The fourth-order valence-corrected chi connectivity index (χ4v) is 4.38. The van der Waals surface area contributed by atoms with Crippen LogP contribution in [0.5, 0.6) is 0 Å². The van der Waals surface area contributed by atoms with Crippen LogP contribution in [0.15, 0.2) is 33.4 Å². The van der Waals surface area contributed by atoms with Gasteiger partial charge in [-0.3, -0.25) is 9.59 Å². The molecular formula is C13H17N3O6S2. The molecule has 0 aliphatic heterocycles. The molecule has 9 nitrogen and oxygen atoms in total. The Morgan fingerprint density at radius 3 is 2.67 bits per heavy atom. The summed E-state index contributed by atoms with van der Waals surface area (Å²) in [6.45, 7) is -0.388. The summed E-state index contributed by atoms with van der Waals surface area (Å²) in [5, 5.41) is 23.7. The van der Waals surface area contributed by atoms with Gasteiger partial charge in [0.05, 0.1) is 18.7 Å². The molecule has 0 saturated heterocycles. The lowest BCUT2D eigenvalue weighted by Gasteiger charge is -2.30. The smallest absolute Gasteiger partial charge is 0.250 e. The van der Waals surface area contributed by atoms with Crippen LogP contribution in [-0.4, -0.2) is 55.2 Å². The molecule has 0 fully saturated rings. The second kappa shape index (κ2) is 7.40. The van der Waals surface area contributed by atoms with Crippen LogP contribution in [0.4, 0.5) is 0 Å². The Morgan fingerprint density at radius 2 is 2.08 bits per heavy atom. The maximum absolute atomic E-state index is 12.2. The summed E-state index contributed by atoms with van der Waals surface area (Å²) in [6.07, 6.45) is -1.70. The zero-order chi connectivity index (χ0) is 17.9. The van der Waals surface area contributed by atoms with Crippen molar-refractivity contribution >= 4 is 33.2 Å². The van der Waals surface area contributed by atoms with E-state index in [9.17, 15) is 28.2 Å². The van der Waals surface area contributed by atoms with Crippen molar-refractivity contribution in [3.63, 3.8) is 0 Å². The van der Waals surface area contributed by atoms with Crippen LogP contribution in [0.1, 0.15) is 6.42 Å². The predicted octanol–water partition coefficient (Wildman–Crippen LogP) is -1.95. The van der Waals surface area contributed by atoms with Crippen LogP contribution in [0.3, 0.4) is 0 Å². The maximum Gasteiger partial charge on any atom is 0.250 e. The van der Waals surface area contributed by atoms with Gasteiger partial charge in [-0.25, -0.2) is 13.1 Å². The van der Waals surface area contributed by atoms with Gasteiger partial charge in [0.25, 0.3) is 10.0 Å². The Balaban J connectivity index is 2.19. The average Bonchev–Trinajstić information content (AvgIpc) is 3.04. The SMILES string of the molecule is NC(=O)CNC(=O)C1=C[C@H](NS(=O)(=O)c2cccs2)[C@@H](O)[C@H](O)C1. The number of carbonyl (C=O) groups is 2. The van der Waals surface area contributed by atoms with E-state index >= 15 is 0 Å². The van der Waals surface area contributed by atoms with E-state index in [1.165, 1.54) is 12.1 Å². The standard InChI is InChI=1S/C13H17N3O6S2/c14-10(18)6-15-13(20)7-4-8(12(19)9(17)5-7)16-24(21,22)11-2-1-3-23-11/h1-4,8-9,12,16-17,19H,5-6H2,(H2,14,18)(H,15,20)/t8-,9+,12+/m0/s1. The van der Waals surface area contributed by atoms with Gasteiger partial charge in [0, 0.05) is 12.0 Å². The number of aliphatic hydroxyl groups is 2. The van der Waals surface area contributed by atoms with Gasteiger partial charge in [0.2, 0.25) is 11.8 Å². The molecule has 2 amide bonds. The van der Waals surface area contributed by atoms with Crippen molar-refractivity contribution in [1.82, 2.24) is 10.0 Å². The van der Waals surface area contributed by atoms with Crippen molar-refractivity contribution in [1.29, 1.82) is 0 Å². The molecule has 6 N–H and O–H groups in total. The number of aliphatic hydroxyl groups excluding tert-OH is 2. The molecule has 0 unspecified atom stereocenters. The third kappa shape index (κ3) is 4.39. The highest BCUT2D eigenvalue weighted by molar-refractivity contribution is 7.91. The zero-order valence-corrected chi connectivity index (χ0v) is 14.0. The number of nitrogens with two attached hydrogens (primary N) is 1. The highest BCUT2D eigenvalue weighted by atomic mass is 32.2. The fraction of sp³-hybridized carbons (Fsp3) is 0.385. The third-order valence-electron chi connectivity index (χ3n) is 3.34. The van der Waals surface area contributed by atoms with Crippen molar-refractivity contribution < 1.29 is 28.2 Å². The minimum atomic E-state index is -3.90. The molecule has 1 aliphatic carbocycles. The Labute approximate surface area is 142 Å². The zero-order valence-electron chi connectivity index (χ0n) is 12.4. The van der Waals surface area contributed by atoms with Gasteiger partial charge in [0.15, 0.2) is 0 Å². The molecule has 11 heteroatoms. The Bertz CT molecular complexity index is 744. The number of nitrogens with one attached hydrogen (secondary N) is 2. The minimum absolute atomic E-state index is 0.0443. The van der Waals surface area contributed by atoms with E-state index in [1.807, 2.05) is 0 Å². The molecule has 3 atom stereocenters. The lowest BCUT2D eigenvalue weighted by Crippen LogP contribution is -2.51. The molecule has 1 aromatic rings. The number of amides is 2. The van der Waals surface area contributed by atoms with Gasteiger partial charge in [-0.1, -0.05) is 12.1 Å². The summed E-state index contributed by atoms with van der Waals surface area (Å²) in [5.74, 6) is -1.41. The summed E-state index contributed by atoms with van der Waals surface area (Å²) in [6, 6.07) is 1.77. The van der Waals surface area contributed by atoms with Crippen molar-refractivity contribution in [2.75, 3.05) is 6.54 Å². The van der Waals surface area contributed by atoms with Gasteiger partial charge in [-0.15, -0.1) is 11.3 Å². The molecule has 2 rings (SSSR count). The van der Waals surface area contributed by atoms with Crippen LogP contribution in [0.25, 0.3) is 0 Å². The molecule has 24 heavy (non-hydrogen) atoms. The van der Waals surface area contributed by atoms with E-state index in [4.69, 9.17) is 5.73 Å². The molecular weight excluding hydrogens is 358 g/mol. The van der Waals surface area contributed by atoms with Gasteiger partial charge >= 0.3 is 0 Å². The second-order valence-corrected chi connectivity index (χ2v) is 8.07. The van der Waals surface area contributed by atoms with Crippen molar-refractivity contribution in [3.05, 3.63) is 29.2 Å². The number of hydrogen-bond acceptors (Lipinski definition) is 7. The first-order valence-electron chi connectivity index (χ1n) is 6.90. The van der Waals surface area contributed by atoms with E-state index in [2.05, 4.69) is 10.0 Å². The number of sulfonamides is 1. The second-order valence-electron chi connectivity index (χ2n) is 5.18. The van der Waals surface area contributed by atoms with Crippen molar-refractivity contribution in [2.45, 2.75) is 28.9 Å². The summed E-state index contributed by atoms with van der Waals surface area (Å²) in [4.78, 5) is 22.6. The molecule has 0 radical (unpaired) electrons. The highest BCUT2D eigenvalue weighted by Crippen LogP contribution is 2.23. The van der Waals surface area contributed by atoms with Gasteiger partial charge in [-0.05, 0) is 11.4 Å². The number of carbonyl (C=O) groups excluding carboxylic acids is 2. The number of primary amides is 1. The monoisotopic (exact) mass is 375 g/mol. The largest absolute Gasteiger partial charge is 0.390 e. The Hall–Kier alpha value is -1.79. The van der Waals surface area contributed by atoms with Gasteiger partial charge < -0.3 is 21.3 Å². The Morgan fingerprint density at radius 1 is 1.38 bits per heavy atom. The first-order valence-corrected chi connectivity index (χ1v) is 9.26. The molecule has 1 aliphatic rings. The van der Waals surface area contributed by atoms with Gasteiger partial charge in [-0.2, -0.15) is 0 Å². The van der Waals surface area contributed by atoms with Gasteiger partial charge in [0.1, 0.15) is 10.3 Å². The van der Waals surface area contributed by atoms with Crippen molar-refractivity contribution in [3.8, 4) is 0 Å². The lowest BCUT2D eigenvalue weighted by molar-refractivity contribution is -0.123. The van der Waals surface area contributed by atoms with E-state index in [-0.39, 0.29) is 22.7 Å². The summed E-state index contributed by atoms with van der Waals surface area (Å²) >= 11 is 0.993. The quantitative estimate of drug-likeness (QED) is 0.388. The molecule has 1 aromatic heterocycles. The maximum atomic E-state index is 12.2. The lowest BCUT2D eigenvalue weighted by atomic mass is 9.90. The summed E-state index contributed by atoms with van der Waals surface area (Å²) in [5.41, 5.74) is 4.98. The van der Waals surface area contributed by atoms with Crippen LogP contribution in [-0.2, 0) is 19.6 Å². The first-order chi connectivity index (χ1) is 11.2. The first kappa shape index (κ1) is 18.5. The molecule has 0 spiro atoms.